The predicted octanol–water partition coefficient (Wildman–Crippen LogP) is 3.02. The lowest BCUT2D eigenvalue weighted by atomic mass is 10.2. The van der Waals surface area contributed by atoms with Gasteiger partial charge in [-0.25, -0.2) is 4.79 Å². The molecular formula is C20H14N2O8S. The Bertz CT molecular complexity index is 1090. The molecule has 1 heterocycles. The van der Waals surface area contributed by atoms with Crippen molar-refractivity contribution in [2.24, 2.45) is 0 Å². The largest absolute Gasteiger partial charge is 0.468 e. The molecule has 0 atom stereocenters. The number of nitrogens with zero attached hydrogens (tertiary/aromatic N) is 2. The first-order chi connectivity index (χ1) is 14.8. The molecule has 0 radical (unpaired) electrons. The highest BCUT2D eigenvalue weighted by molar-refractivity contribution is 8.18. The first kappa shape index (κ1) is 21.7. The average molecular weight is 442 g/mol. The van der Waals surface area contributed by atoms with Crippen LogP contribution in [0.25, 0.3) is 6.08 Å². The number of carbonyl (C=O) groups excluding carboxylic acids is 4. The number of nitro groups is 1. The molecule has 2 aromatic carbocycles. The minimum absolute atomic E-state index is 0.142. The van der Waals surface area contributed by atoms with Crippen LogP contribution in [0.15, 0.2) is 53.4 Å². The van der Waals surface area contributed by atoms with Crippen molar-refractivity contribution in [3.05, 3.63) is 74.7 Å². The molecule has 0 bridgehead atoms. The summed E-state index contributed by atoms with van der Waals surface area (Å²) >= 11 is 0.702. The molecule has 2 amide bonds. The maximum atomic E-state index is 12.3. The van der Waals surface area contributed by atoms with Gasteiger partial charge in [-0.05, 0) is 47.7 Å². The third kappa shape index (κ3) is 5.14. The molecule has 1 saturated heterocycles. The van der Waals surface area contributed by atoms with Gasteiger partial charge in [0.15, 0.2) is 0 Å². The molecule has 0 saturated carbocycles. The van der Waals surface area contributed by atoms with Crippen molar-refractivity contribution >= 4 is 46.6 Å². The molecule has 3 rings (SSSR count). The van der Waals surface area contributed by atoms with Crippen LogP contribution in [-0.2, 0) is 14.3 Å². The average Bonchev–Trinajstić information content (AvgIpc) is 3.02. The maximum absolute atomic E-state index is 12.3. The number of amides is 2. The highest BCUT2D eigenvalue weighted by atomic mass is 32.2. The van der Waals surface area contributed by atoms with Crippen LogP contribution in [0, 0.1) is 10.1 Å². The van der Waals surface area contributed by atoms with Crippen LogP contribution in [0.2, 0.25) is 0 Å². The minimum atomic E-state index is -0.706. The molecule has 0 aromatic heterocycles. The van der Waals surface area contributed by atoms with Crippen LogP contribution in [-0.4, -0.2) is 46.6 Å². The Morgan fingerprint density at radius 3 is 2.32 bits per heavy atom. The smallest absolute Gasteiger partial charge is 0.343 e. The number of esters is 2. The van der Waals surface area contributed by atoms with Gasteiger partial charge in [-0.2, -0.15) is 0 Å². The van der Waals surface area contributed by atoms with E-state index < -0.39 is 34.6 Å². The van der Waals surface area contributed by atoms with Crippen molar-refractivity contribution in [1.29, 1.82) is 0 Å². The van der Waals surface area contributed by atoms with Crippen LogP contribution >= 0.6 is 11.8 Å². The number of non-ortho nitro benzene ring substituents is 1. The van der Waals surface area contributed by atoms with Gasteiger partial charge in [0.1, 0.15) is 12.3 Å². The van der Waals surface area contributed by atoms with Gasteiger partial charge in [0.2, 0.25) is 0 Å². The van der Waals surface area contributed by atoms with E-state index in [1.807, 2.05) is 0 Å². The van der Waals surface area contributed by atoms with Gasteiger partial charge in [0, 0.05) is 12.1 Å². The first-order valence-corrected chi connectivity index (χ1v) is 9.49. The molecule has 1 aliphatic heterocycles. The number of hydrogen-bond acceptors (Lipinski definition) is 9. The second-order valence-corrected chi connectivity index (χ2v) is 7.10. The summed E-state index contributed by atoms with van der Waals surface area (Å²) < 4.78 is 9.69. The molecule has 0 N–H and O–H groups in total. The summed E-state index contributed by atoms with van der Waals surface area (Å²) in [6.45, 7) is -0.462. The topological polar surface area (TPSA) is 133 Å². The van der Waals surface area contributed by atoms with E-state index in [9.17, 15) is 29.3 Å². The van der Waals surface area contributed by atoms with Gasteiger partial charge in [0.05, 0.1) is 22.5 Å². The Labute approximate surface area is 179 Å². The third-order valence-electron chi connectivity index (χ3n) is 4.09. The Morgan fingerprint density at radius 2 is 1.74 bits per heavy atom. The Morgan fingerprint density at radius 1 is 1.10 bits per heavy atom. The van der Waals surface area contributed by atoms with E-state index in [1.54, 1.807) is 12.1 Å². The van der Waals surface area contributed by atoms with E-state index in [4.69, 9.17) is 4.74 Å². The number of nitro benzene ring substituents is 1. The predicted molar refractivity (Wildman–Crippen MR) is 109 cm³/mol. The second kappa shape index (κ2) is 9.22. The van der Waals surface area contributed by atoms with Crippen molar-refractivity contribution in [3.8, 4) is 5.75 Å². The van der Waals surface area contributed by atoms with Gasteiger partial charge >= 0.3 is 11.9 Å². The van der Waals surface area contributed by atoms with E-state index >= 15 is 0 Å². The summed E-state index contributed by atoms with van der Waals surface area (Å²) in [6.07, 6.45) is 1.48. The zero-order chi connectivity index (χ0) is 22.5. The van der Waals surface area contributed by atoms with Crippen LogP contribution < -0.4 is 4.74 Å². The quantitative estimate of drug-likeness (QED) is 0.218. The molecule has 0 aliphatic carbocycles. The molecule has 10 nitrogen and oxygen atoms in total. The van der Waals surface area contributed by atoms with E-state index in [1.165, 1.54) is 42.5 Å². The summed E-state index contributed by atoms with van der Waals surface area (Å²) in [4.78, 5) is 58.8. The number of rotatable bonds is 6. The lowest BCUT2D eigenvalue weighted by Gasteiger charge is -2.09. The number of carbonyl (C=O) groups is 4. The highest BCUT2D eigenvalue weighted by Crippen LogP contribution is 2.32. The van der Waals surface area contributed by atoms with Crippen LogP contribution in [0.5, 0.6) is 5.75 Å². The van der Waals surface area contributed by atoms with E-state index in [-0.39, 0.29) is 21.9 Å². The number of benzene rings is 2. The fourth-order valence-corrected chi connectivity index (χ4v) is 3.34. The van der Waals surface area contributed by atoms with Gasteiger partial charge in [-0.3, -0.25) is 29.4 Å². The zero-order valence-electron chi connectivity index (χ0n) is 16.0. The molecule has 2 aromatic rings. The van der Waals surface area contributed by atoms with Gasteiger partial charge in [-0.15, -0.1) is 0 Å². The molecular weight excluding hydrogens is 428 g/mol. The molecule has 11 heteroatoms. The summed E-state index contributed by atoms with van der Waals surface area (Å²) in [6, 6.07) is 11.1. The highest BCUT2D eigenvalue weighted by Gasteiger charge is 2.36. The molecule has 0 spiro atoms. The van der Waals surface area contributed by atoms with E-state index in [2.05, 4.69) is 4.74 Å². The monoisotopic (exact) mass is 442 g/mol. The fourth-order valence-electron chi connectivity index (χ4n) is 2.50. The van der Waals surface area contributed by atoms with Crippen molar-refractivity contribution in [1.82, 2.24) is 4.90 Å². The lowest BCUT2D eigenvalue weighted by molar-refractivity contribution is -0.384. The fraction of sp³-hybridized carbons (Fsp3) is 0.100. The zero-order valence-corrected chi connectivity index (χ0v) is 16.8. The Hall–Kier alpha value is -3.99. The van der Waals surface area contributed by atoms with Crippen LogP contribution in [0.1, 0.15) is 15.9 Å². The summed E-state index contributed by atoms with van der Waals surface area (Å²) in [7, 11) is 1.16. The Kier molecular flexibility index (Phi) is 6.46. The van der Waals surface area contributed by atoms with Gasteiger partial charge < -0.3 is 9.47 Å². The number of ether oxygens (including phenoxy) is 2. The summed E-state index contributed by atoms with van der Waals surface area (Å²) in [5.74, 6) is -1.78. The molecule has 158 valence electrons. The number of methoxy groups -OCH3 is 1. The van der Waals surface area contributed by atoms with Gasteiger partial charge in [-0.1, -0.05) is 12.1 Å². The molecule has 1 aliphatic rings. The van der Waals surface area contributed by atoms with Crippen molar-refractivity contribution in [2.75, 3.05) is 13.7 Å². The van der Waals surface area contributed by atoms with Crippen LogP contribution in [0.4, 0.5) is 10.5 Å². The summed E-state index contributed by atoms with van der Waals surface area (Å²) in [5.41, 5.74) is 0.574. The lowest BCUT2D eigenvalue weighted by Crippen LogP contribution is -2.34. The van der Waals surface area contributed by atoms with E-state index in [0.29, 0.717) is 17.3 Å². The Balaban J connectivity index is 1.67. The van der Waals surface area contributed by atoms with Crippen molar-refractivity contribution in [2.45, 2.75) is 0 Å². The molecule has 1 fully saturated rings. The number of imide groups is 1. The van der Waals surface area contributed by atoms with Crippen molar-refractivity contribution in [3.63, 3.8) is 0 Å². The van der Waals surface area contributed by atoms with Gasteiger partial charge in [0.25, 0.3) is 16.8 Å². The standard InChI is InChI=1S/C20H14N2O8S/c1-29-17(23)11-21-18(24)16(31-20(21)26)10-12-2-8-15(9-3-12)30-19(25)13-4-6-14(7-5-13)22(27)28/h2-10H,11H2,1H3/b16-10-. The second-order valence-electron chi connectivity index (χ2n) is 6.11. The first-order valence-electron chi connectivity index (χ1n) is 8.67. The van der Waals surface area contributed by atoms with Crippen LogP contribution in [0.3, 0.4) is 0 Å². The number of thioether (sulfide) groups is 1. The van der Waals surface area contributed by atoms with Crippen molar-refractivity contribution < 1.29 is 33.6 Å². The SMILES string of the molecule is COC(=O)CN1C(=O)S/C(=C\c2ccc(OC(=O)c3ccc([N+](=O)[O-])cc3)cc2)C1=O. The normalized spacial score (nSPS) is 14.6. The summed E-state index contributed by atoms with van der Waals surface area (Å²) in [5, 5.41) is 10.1. The molecule has 31 heavy (non-hydrogen) atoms. The third-order valence-corrected chi connectivity index (χ3v) is 5.00. The maximum Gasteiger partial charge on any atom is 0.343 e. The number of hydrogen-bond donors (Lipinski definition) is 0. The van der Waals surface area contributed by atoms with E-state index in [0.717, 1.165) is 12.0 Å². The minimum Gasteiger partial charge on any atom is -0.468 e. The molecule has 0 unspecified atom stereocenters.